The molecule has 106 valence electrons. The highest BCUT2D eigenvalue weighted by Gasteiger charge is 2.26. The van der Waals surface area contributed by atoms with Crippen molar-refractivity contribution in [2.24, 2.45) is 0 Å². The number of anilines is 2. The van der Waals surface area contributed by atoms with Crippen molar-refractivity contribution in [1.29, 1.82) is 0 Å². The first kappa shape index (κ1) is 15.5. The maximum Gasteiger partial charge on any atom is 0.221 e. The number of benzene rings is 1. The highest BCUT2D eigenvalue weighted by molar-refractivity contribution is 5.91. The average molecular weight is 262 g/mol. The molecule has 0 unspecified atom stereocenters. The summed E-state index contributed by atoms with van der Waals surface area (Å²) in [6.45, 7) is 14.3. The summed E-state index contributed by atoms with van der Waals surface area (Å²) in [6.07, 6.45) is 0. The fraction of sp³-hybridized carbons (Fsp3) is 0.562. The fourth-order valence-electron chi connectivity index (χ4n) is 2.16. The lowest BCUT2D eigenvalue weighted by Crippen LogP contribution is -2.23. The van der Waals surface area contributed by atoms with Crippen LogP contribution in [0.25, 0.3) is 0 Å². The van der Waals surface area contributed by atoms with E-state index in [1.54, 1.807) is 0 Å². The van der Waals surface area contributed by atoms with Gasteiger partial charge in [0.25, 0.3) is 0 Å². The van der Waals surface area contributed by atoms with Crippen LogP contribution < -0.4 is 11.1 Å². The molecule has 0 heterocycles. The Morgan fingerprint density at radius 3 is 1.63 bits per heavy atom. The lowest BCUT2D eigenvalue weighted by atomic mass is 9.78. The van der Waals surface area contributed by atoms with Gasteiger partial charge < -0.3 is 11.1 Å². The van der Waals surface area contributed by atoms with E-state index >= 15 is 0 Å². The molecule has 1 amide bonds. The number of carbonyl (C=O) groups excluding carboxylic acids is 1. The zero-order valence-electron chi connectivity index (χ0n) is 13.1. The molecule has 0 saturated heterocycles. The third-order valence-corrected chi connectivity index (χ3v) is 3.08. The van der Waals surface area contributed by atoms with E-state index in [0.29, 0.717) is 0 Å². The predicted octanol–water partition coefficient (Wildman–Crippen LogP) is 3.82. The normalized spacial score (nSPS) is 12.4. The van der Waals surface area contributed by atoms with Gasteiger partial charge in [-0.05, 0) is 34.1 Å². The van der Waals surface area contributed by atoms with Crippen LogP contribution in [-0.2, 0) is 15.6 Å². The number of hydrogen-bond acceptors (Lipinski definition) is 2. The van der Waals surface area contributed by atoms with Crippen LogP contribution in [0.5, 0.6) is 0 Å². The van der Waals surface area contributed by atoms with Crippen LogP contribution in [-0.4, -0.2) is 5.91 Å². The number of carbonyl (C=O) groups is 1. The molecule has 3 nitrogen and oxygen atoms in total. The van der Waals surface area contributed by atoms with E-state index in [4.69, 9.17) is 5.73 Å². The Labute approximate surface area is 116 Å². The molecular weight excluding hydrogens is 236 g/mol. The molecule has 0 aliphatic heterocycles. The number of rotatable bonds is 1. The molecule has 0 aliphatic carbocycles. The minimum absolute atomic E-state index is 0.0548. The second-order valence-corrected chi connectivity index (χ2v) is 7.17. The molecule has 0 bridgehead atoms. The van der Waals surface area contributed by atoms with Crippen molar-refractivity contribution in [2.75, 3.05) is 11.1 Å². The van der Waals surface area contributed by atoms with Gasteiger partial charge in [-0.3, -0.25) is 4.79 Å². The van der Waals surface area contributed by atoms with Crippen LogP contribution in [0.3, 0.4) is 0 Å². The number of hydrogen-bond donors (Lipinski definition) is 2. The van der Waals surface area contributed by atoms with Crippen LogP contribution in [0.4, 0.5) is 11.4 Å². The Morgan fingerprint density at radius 1 is 1.00 bits per heavy atom. The molecular formula is C16H26N2O. The smallest absolute Gasteiger partial charge is 0.221 e. The number of nitrogens with one attached hydrogen (secondary N) is 1. The van der Waals surface area contributed by atoms with Gasteiger partial charge in [0.15, 0.2) is 0 Å². The zero-order chi connectivity index (χ0) is 15.0. The van der Waals surface area contributed by atoms with Gasteiger partial charge in [0.05, 0.1) is 0 Å². The molecule has 3 heteroatoms. The molecule has 0 spiro atoms. The largest absolute Gasteiger partial charge is 0.399 e. The highest BCUT2D eigenvalue weighted by Crippen LogP contribution is 2.39. The molecule has 1 aromatic rings. The van der Waals surface area contributed by atoms with Crippen LogP contribution in [0.1, 0.15) is 59.6 Å². The second kappa shape index (κ2) is 4.87. The van der Waals surface area contributed by atoms with Crippen molar-refractivity contribution in [3.8, 4) is 0 Å². The fourth-order valence-corrected chi connectivity index (χ4v) is 2.16. The maximum atomic E-state index is 11.5. The molecule has 19 heavy (non-hydrogen) atoms. The third-order valence-electron chi connectivity index (χ3n) is 3.08. The van der Waals surface area contributed by atoms with Gasteiger partial charge in [-0.2, -0.15) is 0 Å². The Morgan fingerprint density at radius 2 is 1.37 bits per heavy atom. The van der Waals surface area contributed by atoms with E-state index in [1.165, 1.54) is 6.92 Å². The Kier molecular flexibility index (Phi) is 3.99. The first-order valence-electron chi connectivity index (χ1n) is 6.65. The molecule has 1 rings (SSSR count). The van der Waals surface area contributed by atoms with E-state index in [2.05, 4.69) is 46.9 Å². The Balaban J connectivity index is 3.63. The molecule has 0 saturated carbocycles. The summed E-state index contributed by atoms with van der Waals surface area (Å²) in [7, 11) is 0. The van der Waals surface area contributed by atoms with Gasteiger partial charge >= 0.3 is 0 Å². The number of nitrogens with two attached hydrogens (primary N) is 1. The summed E-state index contributed by atoms with van der Waals surface area (Å²) in [4.78, 5) is 11.5. The minimum Gasteiger partial charge on any atom is -0.399 e. The van der Waals surface area contributed by atoms with Crippen molar-refractivity contribution in [1.82, 2.24) is 0 Å². The SMILES string of the molecule is CC(=O)Nc1c(C(C)(C)C)cc(N)cc1C(C)(C)C. The monoisotopic (exact) mass is 262 g/mol. The lowest BCUT2D eigenvalue weighted by Gasteiger charge is -2.30. The first-order valence-corrected chi connectivity index (χ1v) is 6.65. The topological polar surface area (TPSA) is 55.1 Å². The summed E-state index contributed by atoms with van der Waals surface area (Å²) in [5.41, 5.74) is 9.68. The van der Waals surface area contributed by atoms with Gasteiger partial charge in [-0.25, -0.2) is 0 Å². The lowest BCUT2D eigenvalue weighted by molar-refractivity contribution is -0.114. The Hall–Kier alpha value is -1.51. The second-order valence-electron chi connectivity index (χ2n) is 7.17. The average Bonchev–Trinajstić information content (AvgIpc) is 2.16. The molecule has 0 atom stereocenters. The Bertz CT molecular complexity index is 455. The summed E-state index contributed by atoms with van der Waals surface area (Å²) >= 11 is 0. The molecule has 0 fully saturated rings. The van der Waals surface area contributed by atoms with Crippen LogP contribution >= 0.6 is 0 Å². The van der Waals surface area contributed by atoms with Gasteiger partial charge in [-0.1, -0.05) is 41.5 Å². The third kappa shape index (κ3) is 3.72. The minimum atomic E-state index is -0.0762. The predicted molar refractivity (Wildman–Crippen MR) is 82.6 cm³/mol. The summed E-state index contributed by atoms with van der Waals surface area (Å²) in [6, 6.07) is 3.92. The van der Waals surface area contributed by atoms with Gasteiger partial charge in [0, 0.05) is 18.3 Å². The van der Waals surface area contributed by atoms with Crippen LogP contribution in [0.2, 0.25) is 0 Å². The van der Waals surface area contributed by atoms with Crippen LogP contribution in [0, 0.1) is 0 Å². The summed E-state index contributed by atoms with van der Waals surface area (Å²) in [5.74, 6) is -0.0548. The van der Waals surface area contributed by atoms with Crippen molar-refractivity contribution in [3.63, 3.8) is 0 Å². The van der Waals surface area contributed by atoms with E-state index < -0.39 is 0 Å². The van der Waals surface area contributed by atoms with E-state index in [-0.39, 0.29) is 16.7 Å². The molecule has 0 aliphatic rings. The van der Waals surface area contributed by atoms with Crippen molar-refractivity contribution in [3.05, 3.63) is 23.3 Å². The van der Waals surface area contributed by atoms with E-state index in [9.17, 15) is 4.79 Å². The van der Waals surface area contributed by atoms with Crippen molar-refractivity contribution >= 4 is 17.3 Å². The standard InChI is InChI=1S/C16H26N2O/c1-10(19)18-14-12(15(2,3)4)8-11(17)9-13(14)16(5,6)7/h8-9H,17H2,1-7H3,(H,18,19). The van der Waals surface area contributed by atoms with Crippen molar-refractivity contribution < 1.29 is 4.79 Å². The molecule has 3 N–H and O–H groups in total. The molecule has 0 aromatic heterocycles. The van der Waals surface area contributed by atoms with Gasteiger partial charge in [0.1, 0.15) is 0 Å². The summed E-state index contributed by atoms with van der Waals surface area (Å²) in [5, 5.41) is 2.99. The van der Waals surface area contributed by atoms with E-state index in [1.807, 2.05) is 12.1 Å². The van der Waals surface area contributed by atoms with Gasteiger partial charge in [-0.15, -0.1) is 0 Å². The van der Waals surface area contributed by atoms with Crippen LogP contribution in [0.15, 0.2) is 12.1 Å². The highest BCUT2D eigenvalue weighted by atomic mass is 16.1. The van der Waals surface area contributed by atoms with E-state index in [0.717, 1.165) is 22.5 Å². The number of amides is 1. The van der Waals surface area contributed by atoms with Gasteiger partial charge in [0.2, 0.25) is 5.91 Å². The number of nitrogen functional groups attached to an aromatic ring is 1. The summed E-state index contributed by atoms with van der Waals surface area (Å²) < 4.78 is 0. The first-order chi connectivity index (χ1) is 8.43. The van der Waals surface area contributed by atoms with Crippen molar-refractivity contribution in [2.45, 2.75) is 59.3 Å². The maximum absolute atomic E-state index is 11.5. The molecule has 0 radical (unpaired) electrons. The molecule has 1 aromatic carbocycles. The zero-order valence-corrected chi connectivity index (χ0v) is 13.1. The quantitative estimate of drug-likeness (QED) is 0.756.